The first-order valence-corrected chi connectivity index (χ1v) is 6.56. The average Bonchev–Trinajstić information content (AvgIpc) is 2.65. The van der Waals surface area contributed by atoms with Crippen LogP contribution in [0.15, 0.2) is 15.9 Å². The molecule has 1 aromatic heterocycles. The van der Waals surface area contributed by atoms with Crippen molar-refractivity contribution < 1.29 is 9.90 Å². The number of hydrogen-bond donors (Lipinski definition) is 1. The maximum atomic E-state index is 12.0. The number of likely N-dealkylation sites (tertiary alicyclic amines) is 1. The van der Waals surface area contributed by atoms with E-state index >= 15 is 0 Å². The van der Waals surface area contributed by atoms with E-state index in [-0.39, 0.29) is 12.0 Å². The van der Waals surface area contributed by atoms with Crippen LogP contribution in [0.5, 0.6) is 0 Å². The average molecular weight is 290 g/mol. The minimum atomic E-state index is -0.235. The van der Waals surface area contributed by atoms with E-state index in [0.29, 0.717) is 25.9 Å². The van der Waals surface area contributed by atoms with Crippen molar-refractivity contribution in [1.29, 1.82) is 0 Å². The molecule has 0 unspecified atom stereocenters. The van der Waals surface area contributed by atoms with Gasteiger partial charge in [-0.3, -0.25) is 4.79 Å². The third-order valence-electron chi connectivity index (χ3n) is 2.56. The highest BCUT2D eigenvalue weighted by Crippen LogP contribution is 2.25. The van der Waals surface area contributed by atoms with Crippen molar-refractivity contribution in [1.82, 2.24) is 4.90 Å². The lowest BCUT2D eigenvalue weighted by atomic mass is 10.1. The first-order chi connectivity index (χ1) is 7.18. The van der Waals surface area contributed by atoms with Crippen LogP contribution >= 0.6 is 27.3 Å². The minimum Gasteiger partial charge on any atom is -0.393 e. The number of nitrogens with zero attached hydrogens (tertiary/aromatic N) is 1. The van der Waals surface area contributed by atoms with Crippen LogP contribution in [-0.4, -0.2) is 35.1 Å². The number of hydrogen-bond acceptors (Lipinski definition) is 3. The lowest BCUT2D eigenvalue weighted by Crippen LogP contribution is -2.39. The normalized spacial score (nSPS) is 18.1. The standard InChI is InChI=1S/C10H12BrNO2S/c11-8-3-6-15-9(8)10(14)12-4-1-7(13)2-5-12/h3,6-7,13H,1-2,4-5H2. The SMILES string of the molecule is O=C(c1sccc1Br)N1CCC(O)CC1. The summed E-state index contributed by atoms with van der Waals surface area (Å²) in [6, 6.07) is 1.89. The second-order valence-electron chi connectivity index (χ2n) is 3.62. The number of thiophene rings is 1. The maximum absolute atomic E-state index is 12.0. The Morgan fingerprint density at radius 1 is 1.53 bits per heavy atom. The number of rotatable bonds is 1. The predicted molar refractivity (Wildman–Crippen MR) is 63.2 cm³/mol. The Labute approximate surface area is 101 Å². The number of carbonyl (C=O) groups excluding carboxylic acids is 1. The zero-order valence-corrected chi connectivity index (χ0v) is 10.6. The van der Waals surface area contributed by atoms with Gasteiger partial charge in [-0.25, -0.2) is 0 Å². The van der Waals surface area contributed by atoms with Gasteiger partial charge in [0, 0.05) is 17.6 Å². The van der Waals surface area contributed by atoms with Gasteiger partial charge in [-0.15, -0.1) is 11.3 Å². The summed E-state index contributed by atoms with van der Waals surface area (Å²) < 4.78 is 0.864. The van der Waals surface area contributed by atoms with Gasteiger partial charge in [0.1, 0.15) is 4.88 Å². The Bertz CT molecular complexity index is 358. The lowest BCUT2D eigenvalue weighted by molar-refractivity contribution is 0.0550. The zero-order chi connectivity index (χ0) is 10.8. The molecule has 1 N–H and O–H groups in total. The maximum Gasteiger partial charge on any atom is 0.265 e. The largest absolute Gasteiger partial charge is 0.393 e. The zero-order valence-electron chi connectivity index (χ0n) is 8.15. The summed E-state index contributed by atoms with van der Waals surface area (Å²) >= 11 is 4.81. The van der Waals surface area contributed by atoms with Gasteiger partial charge < -0.3 is 10.0 Å². The van der Waals surface area contributed by atoms with Crippen LogP contribution in [0.25, 0.3) is 0 Å². The molecule has 0 radical (unpaired) electrons. The molecule has 1 fully saturated rings. The Kier molecular flexibility index (Phi) is 3.43. The van der Waals surface area contributed by atoms with E-state index in [2.05, 4.69) is 15.9 Å². The second kappa shape index (κ2) is 4.63. The first kappa shape index (κ1) is 11.1. The number of aliphatic hydroxyl groups excluding tert-OH is 1. The number of piperidine rings is 1. The monoisotopic (exact) mass is 289 g/mol. The highest BCUT2D eigenvalue weighted by atomic mass is 79.9. The molecule has 0 spiro atoms. The van der Waals surface area contributed by atoms with Gasteiger partial charge >= 0.3 is 0 Å². The molecule has 1 saturated heterocycles. The van der Waals surface area contributed by atoms with Gasteiger partial charge in [0.25, 0.3) is 5.91 Å². The fourth-order valence-corrected chi connectivity index (χ4v) is 3.17. The highest BCUT2D eigenvalue weighted by Gasteiger charge is 2.24. The van der Waals surface area contributed by atoms with Gasteiger partial charge in [0.05, 0.1) is 6.10 Å². The molecule has 0 atom stereocenters. The molecule has 1 aliphatic rings. The molecule has 15 heavy (non-hydrogen) atoms. The third-order valence-corrected chi connectivity index (χ3v) is 4.39. The Balaban J connectivity index is 2.06. The highest BCUT2D eigenvalue weighted by molar-refractivity contribution is 9.10. The van der Waals surface area contributed by atoms with Crippen LogP contribution in [0.1, 0.15) is 22.5 Å². The summed E-state index contributed by atoms with van der Waals surface area (Å²) in [7, 11) is 0. The molecule has 1 amide bonds. The van der Waals surface area contributed by atoms with E-state index < -0.39 is 0 Å². The quantitative estimate of drug-likeness (QED) is 0.860. The lowest BCUT2D eigenvalue weighted by Gasteiger charge is -2.29. The summed E-state index contributed by atoms with van der Waals surface area (Å²) in [4.78, 5) is 14.6. The second-order valence-corrected chi connectivity index (χ2v) is 5.39. The molecular weight excluding hydrogens is 278 g/mol. The van der Waals surface area contributed by atoms with Crippen LogP contribution in [0, 0.1) is 0 Å². The van der Waals surface area contributed by atoms with Gasteiger partial charge in [-0.05, 0) is 40.2 Å². The summed E-state index contributed by atoms with van der Waals surface area (Å²) in [5.41, 5.74) is 0. The molecule has 0 aliphatic carbocycles. The van der Waals surface area contributed by atoms with Gasteiger partial charge in [0.2, 0.25) is 0 Å². The third kappa shape index (κ3) is 2.41. The first-order valence-electron chi connectivity index (χ1n) is 4.89. The number of aliphatic hydroxyl groups is 1. The smallest absolute Gasteiger partial charge is 0.265 e. The minimum absolute atomic E-state index is 0.0729. The van der Waals surface area contributed by atoms with Crippen LogP contribution in [0.2, 0.25) is 0 Å². The molecule has 3 nitrogen and oxygen atoms in total. The van der Waals surface area contributed by atoms with Gasteiger partial charge in [0.15, 0.2) is 0 Å². The van der Waals surface area contributed by atoms with Gasteiger partial charge in [-0.2, -0.15) is 0 Å². The molecule has 2 heterocycles. The molecule has 1 aromatic rings. The molecule has 0 aromatic carbocycles. The van der Waals surface area contributed by atoms with E-state index in [1.54, 1.807) is 0 Å². The van der Waals surface area contributed by atoms with E-state index in [1.165, 1.54) is 11.3 Å². The molecule has 0 bridgehead atoms. The van der Waals surface area contributed by atoms with E-state index in [9.17, 15) is 9.90 Å². The molecule has 2 rings (SSSR count). The number of halogens is 1. The van der Waals surface area contributed by atoms with E-state index in [4.69, 9.17) is 0 Å². The topological polar surface area (TPSA) is 40.5 Å². The van der Waals surface area contributed by atoms with Crippen LogP contribution < -0.4 is 0 Å². The number of carbonyl (C=O) groups is 1. The van der Waals surface area contributed by atoms with Crippen molar-refractivity contribution in [2.75, 3.05) is 13.1 Å². The fourth-order valence-electron chi connectivity index (χ4n) is 1.66. The van der Waals surface area contributed by atoms with E-state index in [1.807, 2.05) is 16.3 Å². The Morgan fingerprint density at radius 3 is 2.73 bits per heavy atom. The predicted octanol–water partition coefficient (Wildman–Crippen LogP) is 2.11. The van der Waals surface area contributed by atoms with Crippen molar-refractivity contribution in [2.24, 2.45) is 0 Å². The summed E-state index contributed by atoms with van der Waals surface area (Å²) in [6.07, 6.45) is 1.14. The molecule has 5 heteroatoms. The number of amides is 1. The van der Waals surface area contributed by atoms with Crippen molar-refractivity contribution in [3.8, 4) is 0 Å². The Morgan fingerprint density at radius 2 is 2.20 bits per heavy atom. The van der Waals surface area contributed by atoms with Crippen LogP contribution in [0.4, 0.5) is 0 Å². The molecule has 82 valence electrons. The summed E-state index contributed by atoms with van der Waals surface area (Å²) in [6.45, 7) is 1.31. The fraction of sp³-hybridized carbons (Fsp3) is 0.500. The summed E-state index contributed by atoms with van der Waals surface area (Å²) in [5, 5.41) is 11.2. The van der Waals surface area contributed by atoms with Crippen LogP contribution in [0.3, 0.4) is 0 Å². The van der Waals surface area contributed by atoms with Crippen molar-refractivity contribution in [3.05, 3.63) is 20.8 Å². The van der Waals surface area contributed by atoms with Crippen molar-refractivity contribution >= 4 is 33.2 Å². The summed E-state index contributed by atoms with van der Waals surface area (Å²) in [5.74, 6) is 0.0729. The van der Waals surface area contributed by atoms with E-state index in [0.717, 1.165) is 9.35 Å². The molecular formula is C10H12BrNO2S. The van der Waals surface area contributed by atoms with Crippen molar-refractivity contribution in [2.45, 2.75) is 18.9 Å². The molecule has 0 saturated carbocycles. The van der Waals surface area contributed by atoms with Crippen LogP contribution in [-0.2, 0) is 0 Å². The van der Waals surface area contributed by atoms with Crippen molar-refractivity contribution in [3.63, 3.8) is 0 Å². The van der Waals surface area contributed by atoms with Gasteiger partial charge in [-0.1, -0.05) is 0 Å². The Hall–Kier alpha value is -0.390. The molecule has 1 aliphatic heterocycles.